The molecule has 3 heterocycles. The number of H-pyrrole nitrogens is 1. The molecular formula is C26H24ClN7O2. The fraction of sp³-hybridized carbons (Fsp3) is 0.231. The number of anilines is 1. The molecule has 0 radical (unpaired) electrons. The summed E-state index contributed by atoms with van der Waals surface area (Å²) in [7, 11) is 0. The predicted octanol–water partition coefficient (Wildman–Crippen LogP) is 5.01. The highest BCUT2D eigenvalue weighted by molar-refractivity contribution is 6.31. The molecule has 10 heteroatoms. The van der Waals surface area contributed by atoms with Gasteiger partial charge in [-0.1, -0.05) is 42.8 Å². The van der Waals surface area contributed by atoms with Gasteiger partial charge in [-0.2, -0.15) is 0 Å². The van der Waals surface area contributed by atoms with E-state index in [-0.39, 0.29) is 18.8 Å². The molecule has 5 aromatic rings. The van der Waals surface area contributed by atoms with Crippen molar-refractivity contribution in [2.45, 2.75) is 25.9 Å². The van der Waals surface area contributed by atoms with Crippen molar-refractivity contribution in [1.29, 1.82) is 0 Å². The van der Waals surface area contributed by atoms with E-state index in [9.17, 15) is 0 Å². The van der Waals surface area contributed by atoms with Gasteiger partial charge in [0.1, 0.15) is 0 Å². The highest BCUT2D eigenvalue weighted by Crippen LogP contribution is 2.35. The molecule has 1 aliphatic heterocycles. The number of aromatic amines is 1. The van der Waals surface area contributed by atoms with Crippen molar-refractivity contribution in [3.05, 3.63) is 89.0 Å². The Bertz CT molecular complexity index is 1520. The maximum absolute atomic E-state index is 6.43. The van der Waals surface area contributed by atoms with Crippen molar-refractivity contribution >= 4 is 28.3 Å². The van der Waals surface area contributed by atoms with Crippen LogP contribution in [0.2, 0.25) is 5.02 Å². The van der Waals surface area contributed by atoms with Gasteiger partial charge < -0.3 is 19.8 Å². The normalized spacial score (nSPS) is 14.2. The summed E-state index contributed by atoms with van der Waals surface area (Å²) < 4.78 is 12.9. The van der Waals surface area contributed by atoms with Crippen molar-refractivity contribution < 1.29 is 9.47 Å². The second kappa shape index (κ2) is 9.50. The van der Waals surface area contributed by atoms with Gasteiger partial charge in [-0.15, -0.1) is 5.10 Å². The monoisotopic (exact) mass is 501 g/mol. The molecule has 0 fully saturated rings. The lowest BCUT2D eigenvalue weighted by atomic mass is 9.92. The number of hydrogen-bond donors (Lipinski definition) is 2. The minimum Gasteiger partial charge on any atom is -0.454 e. The minimum absolute atomic E-state index is 0.122. The maximum Gasteiger partial charge on any atom is 0.231 e. The van der Waals surface area contributed by atoms with Gasteiger partial charge in [0, 0.05) is 10.7 Å². The molecule has 1 aliphatic rings. The van der Waals surface area contributed by atoms with Crippen LogP contribution in [-0.2, 0) is 13.0 Å². The first-order valence-corrected chi connectivity index (χ1v) is 12.1. The second-order valence-corrected chi connectivity index (χ2v) is 9.32. The van der Waals surface area contributed by atoms with Gasteiger partial charge in [0.05, 0.1) is 29.9 Å². The fourth-order valence-corrected chi connectivity index (χ4v) is 4.75. The lowest BCUT2D eigenvalue weighted by Crippen LogP contribution is -2.25. The molecule has 0 bridgehead atoms. The largest absolute Gasteiger partial charge is 0.454 e. The van der Waals surface area contributed by atoms with Crippen LogP contribution < -0.4 is 14.8 Å². The van der Waals surface area contributed by atoms with Crippen LogP contribution >= 0.6 is 11.6 Å². The number of imidazole rings is 1. The Morgan fingerprint density at radius 2 is 1.97 bits per heavy atom. The summed E-state index contributed by atoms with van der Waals surface area (Å²) in [5.41, 5.74) is 4.90. The quantitative estimate of drug-likeness (QED) is 0.308. The van der Waals surface area contributed by atoms with E-state index < -0.39 is 0 Å². The lowest BCUT2D eigenvalue weighted by Gasteiger charge is -2.26. The molecule has 36 heavy (non-hydrogen) atoms. The zero-order valence-electron chi connectivity index (χ0n) is 19.6. The van der Waals surface area contributed by atoms with Crippen LogP contribution in [0.25, 0.3) is 11.0 Å². The van der Waals surface area contributed by atoms with Crippen LogP contribution in [0.4, 0.5) is 5.69 Å². The number of rotatable bonds is 8. The molecular weight excluding hydrogens is 478 g/mol. The molecule has 0 spiro atoms. The first-order chi connectivity index (χ1) is 17.6. The Morgan fingerprint density at radius 1 is 1.08 bits per heavy atom. The summed E-state index contributed by atoms with van der Waals surface area (Å²) in [4.78, 5) is 7.53. The minimum atomic E-state index is -0.190. The molecule has 2 aromatic heterocycles. The van der Waals surface area contributed by atoms with Gasteiger partial charge in [-0.05, 0) is 70.3 Å². The topological polar surface area (TPSA) is 103 Å². The van der Waals surface area contributed by atoms with Gasteiger partial charge in [-0.25, -0.2) is 9.67 Å². The maximum atomic E-state index is 6.43. The van der Waals surface area contributed by atoms with Crippen molar-refractivity contribution in [3.63, 3.8) is 0 Å². The summed E-state index contributed by atoms with van der Waals surface area (Å²) in [6.07, 6.45) is 2.47. The molecule has 182 valence electrons. The van der Waals surface area contributed by atoms with Crippen molar-refractivity contribution in [2.75, 3.05) is 12.1 Å². The number of aromatic nitrogens is 6. The van der Waals surface area contributed by atoms with Crippen LogP contribution in [0.5, 0.6) is 11.5 Å². The highest BCUT2D eigenvalue weighted by Gasteiger charge is 2.27. The fourth-order valence-electron chi connectivity index (χ4n) is 4.55. The van der Waals surface area contributed by atoms with E-state index in [0.29, 0.717) is 11.6 Å². The molecule has 2 atom stereocenters. The molecule has 0 amide bonds. The standard InChI is InChI=1S/C26H24ClN7O2/c1-16(10-17-6-9-23-24(11-17)36-15-35-23)25(30-19-7-8-21-22(12-19)29-14-28-21)26-31-32-33-34(26)13-18-4-2-3-5-20(18)27/h2-9,11-12,14,16,25,30H,10,13,15H2,1H3,(H,28,29). The number of nitrogens with zero attached hydrogens (tertiary/aromatic N) is 5. The molecule has 0 saturated carbocycles. The van der Waals surface area contributed by atoms with E-state index in [0.717, 1.165) is 51.6 Å². The Hall–Kier alpha value is -4.11. The predicted molar refractivity (Wildman–Crippen MR) is 136 cm³/mol. The van der Waals surface area contributed by atoms with E-state index >= 15 is 0 Å². The van der Waals surface area contributed by atoms with Gasteiger partial charge in [0.25, 0.3) is 0 Å². The molecule has 2 unspecified atom stereocenters. The molecule has 3 aromatic carbocycles. The van der Waals surface area contributed by atoms with E-state index in [1.807, 2.05) is 59.3 Å². The Balaban J connectivity index is 1.33. The summed E-state index contributed by atoms with van der Waals surface area (Å²) in [5, 5.41) is 17.1. The summed E-state index contributed by atoms with van der Waals surface area (Å²) >= 11 is 6.43. The third-order valence-corrected chi connectivity index (χ3v) is 6.79. The molecule has 0 saturated heterocycles. The van der Waals surface area contributed by atoms with Crippen LogP contribution in [0.1, 0.15) is 29.9 Å². The number of hydrogen-bond acceptors (Lipinski definition) is 7. The first kappa shape index (κ1) is 22.4. The van der Waals surface area contributed by atoms with Crippen LogP contribution in [0.15, 0.2) is 67.0 Å². The average molecular weight is 502 g/mol. The summed E-state index contributed by atoms with van der Waals surface area (Å²) in [5.74, 6) is 2.40. The SMILES string of the molecule is CC(Cc1ccc2c(c1)OCO2)C(Nc1ccc2[nH]cnc2c1)c1nnnn1Cc1ccccc1Cl. The zero-order valence-corrected chi connectivity index (χ0v) is 20.3. The number of halogens is 1. The highest BCUT2D eigenvalue weighted by atomic mass is 35.5. The number of tetrazole rings is 1. The van der Waals surface area contributed by atoms with E-state index in [4.69, 9.17) is 21.1 Å². The van der Waals surface area contributed by atoms with Gasteiger partial charge in [-0.3, -0.25) is 0 Å². The first-order valence-electron chi connectivity index (χ1n) is 11.7. The number of nitrogens with one attached hydrogen (secondary N) is 2. The van der Waals surface area contributed by atoms with Gasteiger partial charge in [0.15, 0.2) is 17.3 Å². The molecule has 0 aliphatic carbocycles. The van der Waals surface area contributed by atoms with Crippen LogP contribution in [0.3, 0.4) is 0 Å². The second-order valence-electron chi connectivity index (χ2n) is 8.91. The summed E-state index contributed by atoms with van der Waals surface area (Å²) in [6.45, 7) is 2.91. The summed E-state index contributed by atoms with van der Waals surface area (Å²) in [6, 6.07) is 19.7. The van der Waals surface area contributed by atoms with Crippen LogP contribution in [-0.4, -0.2) is 37.0 Å². The Morgan fingerprint density at radius 3 is 2.89 bits per heavy atom. The molecule has 6 rings (SSSR count). The number of ether oxygens (including phenoxy) is 2. The van der Waals surface area contributed by atoms with Gasteiger partial charge >= 0.3 is 0 Å². The number of benzene rings is 3. The Kier molecular flexibility index (Phi) is 5.90. The molecule has 9 nitrogen and oxygen atoms in total. The van der Waals surface area contributed by atoms with Crippen molar-refractivity contribution in [1.82, 2.24) is 30.2 Å². The third kappa shape index (κ3) is 4.45. The van der Waals surface area contributed by atoms with Crippen molar-refractivity contribution in [2.24, 2.45) is 5.92 Å². The van der Waals surface area contributed by atoms with E-state index in [1.54, 1.807) is 6.33 Å². The third-order valence-electron chi connectivity index (χ3n) is 6.42. The van der Waals surface area contributed by atoms with E-state index in [1.165, 1.54) is 0 Å². The van der Waals surface area contributed by atoms with Gasteiger partial charge in [0.2, 0.25) is 6.79 Å². The zero-order chi connectivity index (χ0) is 24.5. The average Bonchev–Trinajstić information content (AvgIpc) is 3.64. The Labute approximate surface area is 212 Å². The van der Waals surface area contributed by atoms with Crippen LogP contribution in [0, 0.1) is 5.92 Å². The van der Waals surface area contributed by atoms with E-state index in [2.05, 4.69) is 43.8 Å². The number of fused-ring (bicyclic) bond motifs is 2. The van der Waals surface area contributed by atoms with Crippen molar-refractivity contribution in [3.8, 4) is 11.5 Å². The smallest absolute Gasteiger partial charge is 0.231 e. The molecule has 2 N–H and O–H groups in total. The lowest BCUT2D eigenvalue weighted by molar-refractivity contribution is 0.174.